The summed E-state index contributed by atoms with van der Waals surface area (Å²) in [5.74, 6) is -2.13. The van der Waals surface area contributed by atoms with Gasteiger partial charge in [0.05, 0.1) is 7.11 Å². The third-order valence-electron chi connectivity index (χ3n) is 7.91. The van der Waals surface area contributed by atoms with Crippen LogP contribution in [0.15, 0.2) is 41.3 Å². The number of hydrogen-bond donors (Lipinski definition) is 3. The van der Waals surface area contributed by atoms with Crippen LogP contribution in [0, 0.1) is 5.92 Å². The Morgan fingerprint density at radius 1 is 1.07 bits per heavy atom. The Kier molecular flexibility index (Phi) is 9.73. The molecule has 236 valence electrons. The van der Waals surface area contributed by atoms with Crippen LogP contribution in [0.5, 0.6) is 5.75 Å². The topological polar surface area (TPSA) is 160 Å². The number of carbonyl (C=O) groups is 4. The maximum absolute atomic E-state index is 13.7. The van der Waals surface area contributed by atoms with Crippen molar-refractivity contribution in [1.82, 2.24) is 20.3 Å². The van der Waals surface area contributed by atoms with Gasteiger partial charge in [0, 0.05) is 12.5 Å². The number of sulfonamides is 1. The summed E-state index contributed by atoms with van der Waals surface area (Å²) in [7, 11) is -2.99. The fraction of sp³-hybridized carbons (Fsp3) is 0.600. The summed E-state index contributed by atoms with van der Waals surface area (Å²) >= 11 is 0. The van der Waals surface area contributed by atoms with E-state index in [2.05, 4.69) is 15.4 Å². The number of benzene rings is 1. The molecule has 13 heteroatoms. The fourth-order valence-corrected chi connectivity index (χ4v) is 6.86. The molecule has 2 fully saturated rings. The van der Waals surface area contributed by atoms with Gasteiger partial charge in [-0.2, -0.15) is 0 Å². The van der Waals surface area contributed by atoms with E-state index in [9.17, 15) is 27.6 Å². The smallest absolute Gasteiger partial charge is 0.408 e. The molecule has 0 spiro atoms. The van der Waals surface area contributed by atoms with Gasteiger partial charge in [0.2, 0.25) is 11.8 Å². The predicted octanol–water partition coefficient (Wildman–Crippen LogP) is 2.78. The van der Waals surface area contributed by atoms with Crippen molar-refractivity contribution in [2.45, 2.75) is 100 Å². The number of nitrogens with zero attached hydrogens (tertiary/aromatic N) is 1. The van der Waals surface area contributed by atoms with Gasteiger partial charge < -0.3 is 25.0 Å². The van der Waals surface area contributed by atoms with Crippen molar-refractivity contribution in [3.05, 3.63) is 36.4 Å². The molecule has 1 aromatic carbocycles. The highest BCUT2D eigenvalue weighted by Crippen LogP contribution is 2.46. The van der Waals surface area contributed by atoms with Crippen molar-refractivity contribution in [3.8, 4) is 5.75 Å². The molecule has 0 aromatic heterocycles. The molecule has 0 unspecified atom stereocenters. The minimum Gasteiger partial charge on any atom is -0.495 e. The van der Waals surface area contributed by atoms with E-state index in [-0.39, 0.29) is 23.0 Å². The lowest BCUT2D eigenvalue weighted by molar-refractivity contribution is -0.141. The fourth-order valence-electron chi connectivity index (χ4n) is 5.65. The Morgan fingerprint density at radius 3 is 2.53 bits per heavy atom. The molecular weight excluding hydrogens is 576 g/mol. The van der Waals surface area contributed by atoms with Gasteiger partial charge in [0.15, 0.2) is 0 Å². The lowest BCUT2D eigenvalue weighted by Crippen LogP contribution is -2.58. The van der Waals surface area contributed by atoms with Gasteiger partial charge in [0.1, 0.15) is 33.9 Å². The Bertz CT molecular complexity index is 1370. The van der Waals surface area contributed by atoms with E-state index in [4.69, 9.17) is 9.47 Å². The van der Waals surface area contributed by atoms with Crippen LogP contribution >= 0.6 is 0 Å². The van der Waals surface area contributed by atoms with Crippen LogP contribution in [0.3, 0.4) is 0 Å². The Labute approximate surface area is 253 Å². The first kappa shape index (κ1) is 32.3. The first-order valence-electron chi connectivity index (χ1n) is 14.8. The maximum atomic E-state index is 13.7. The number of carbonyl (C=O) groups excluding carboxylic acids is 4. The van der Waals surface area contributed by atoms with Crippen molar-refractivity contribution in [2.24, 2.45) is 5.92 Å². The number of methoxy groups -OCH3 is 1. The van der Waals surface area contributed by atoms with Crippen LogP contribution in [0.25, 0.3) is 0 Å². The van der Waals surface area contributed by atoms with Crippen LogP contribution in [-0.4, -0.2) is 74.0 Å². The van der Waals surface area contributed by atoms with E-state index < -0.39 is 57.1 Å². The molecule has 0 bridgehead atoms. The SMILES string of the molecule is COc1ccccc1S(=O)(=O)NC(=O)[C@@]12C[C@@H]1/C=C\CCCCC[C@H](NC(=O)OC(C)(C)C)C(=O)N1CCC[C@H]1C(=O)N2. The summed E-state index contributed by atoms with van der Waals surface area (Å²) in [4.78, 5) is 54.8. The van der Waals surface area contributed by atoms with Crippen LogP contribution in [0.4, 0.5) is 4.79 Å². The Morgan fingerprint density at radius 2 is 1.81 bits per heavy atom. The highest BCUT2D eigenvalue weighted by atomic mass is 32.2. The number of nitrogens with one attached hydrogen (secondary N) is 3. The van der Waals surface area contributed by atoms with Crippen molar-refractivity contribution in [2.75, 3.05) is 13.7 Å². The van der Waals surface area contributed by atoms with E-state index in [0.717, 1.165) is 12.8 Å². The van der Waals surface area contributed by atoms with Gasteiger partial charge >= 0.3 is 6.09 Å². The minimum atomic E-state index is -4.32. The summed E-state index contributed by atoms with van der Waals surface area (Å²) in [5, 5.41) is 5.51. The first-order valence-corrected chi connectivity index (χ1v) is 16.2. The molecule has 12 nitrogen and oxygen atoms in total. The van der Waals surface area contributed by atoms with E-state index in [1.54, 1.807) is 26.8 Å². The van der Waals surface area contributed by atoms with Crippen molar-refractivity contribution >= 4 is 33.8 Å². The number of fused-ring (bicyclic) bond motifs is 2. The van der Waals surface area contributed by atoms with E-state index in [0.29, 0.717) is 38.6 Å². The summed E-state index contributed by atoms with van der Waals surface area (Å²) in [5.41, 5.74) is -2.24. The van der Waals surface area contributed by atoms with Gasteiger partial charge in [-0.15, -0.1) is 0 Å². The Balaban J connectivity index is 1.57. The van der Waals surface area contributed by atoms with E-state index in [1.807, 2.05) is 12.2 Å². The number of para-hydroxylation sites is 1. The number of hydrogen-bond acceptors (Lipinski definition) is 8. The second-order valence-electron chi connectivity index (χ2n) is 12.3. The standard InChI is InChI=1S/C30H42N4O8S/c1-29(2,3)42-28(38)31-21-14-9-7-5-6-8-13-20-19-30(20,32-25(35)22-15-12-18-34(22)26(21)36)27(37)33-43(39,40)24-17-11-10-16-23(24)41-4/h8,10-11,13,16-17,20-22H,5-7,9,12,14-15,18-19H2,1-4H3,(H,31,38)(H,32,35)(H,33,37)/b13-8-/t20-,21-,22-,30+/m0/s1. The molecule has 43 heavy (non-hydrogen) atoms. The second kappa shape index (κ2) is 12.9. The lowest BCUT2D eigenvalue weighted by atomic mass is 10.0. The number of rotatable bonds is 5. The minimum absolute atomic E-state index is 0.0771. The molecule has 2 heterocycles. The van der Waals surface area contributed by atoms with Crippen molar-refractivity contribution < 1.29 is 37.1 Å². The number of alkyl carbamates (subject to hydrolysis) is 1. The zero-order chi connectivity index (χ0) is 31.4. The summed E-state index contributed by atoms with van der Waals surface area (Å²) < 4.78 is 39.1. The van der Waals surface area contributed by atoms with Gasteiger partial charge in [-0.25, -0.2) is 17.9 Å². The maximum Gasteiger partial charge on any atom is 0.408 e. The third kappa shape index (κ3) is 7.67. The Hall–Kier alpha value is -3.61. The molecule has 4 atom stereocenters. The highest BCUT2D eigenvalue weighted by molar-refractivity contribution is 7.90. The molecule has 1 aliphatic carbocycles. The first-order chi connectivity index (χ1) is 20.3. The molecule has 4 rings (SSSR count). The van der Waals surface area contributed by atoms with E-state index >= 15 is 0 Å². The molecular formula is C30H42N4O8S. The van der Waals surface area contributed by atoms with Crippen LogP contribution in [0.2, 0.25) is 0 Å². The third-order valence-corrected chi connectivity index (χ3v) is 9.28. The van der Waals surface area contributed by atoms with Crippen molar-refractivity contribution in [1.29, 1.82) is 0 Å². The molecule has 1 aromatic rings. The van der Waals surface area contributed by atoms with Crippen molar-refractivity contribution in [3.63, 3.8) is 0 Å². The zero-order valence-electron chi connectivity index (χ0n) is 25.2. The highest BCUT2D eigenvalue weighted by Gasteiger charge is 2.61. The molecule has 4 amide bonds. The van der Waals surface area contributed by atoms with Gasteiger partial charge in [-0.05, 0) is 71.4 Å². The molecule has 1 saturated carbocycles. The average molecular weight is 619 g/mol. The number of ether oxygens (including phenoxy) is 2. The quantitative estimate of drug-likeness (QED) is 0.425. The summed E-state index contributed by atoms with van der Waals surface area (Å²) in [6.07, 6.45) is 7.62. The van der Waals surface area contributed by atoms with Gasteiger partial charge in [0.25, 0.3) is 15.9 Å². The molecule has 1 saturated heterocycles. The number of allylic oxidation sites excluding steroid dienone is 1. The predicted molar refractivity (Wildman–Crippen MR) is 157 cm³/mol. The molecule has 0 radical (unpaired) electrons. The summed E-state index contributed by atoms with van der Waals surface area (Å²) in [6, 6.07) is 4.19. The second-order valence-corrected chi connectivity index (χ2v) is 14.0. The lowest BCUT2D eigenvalue weighted by Gasteiger charge is -2.30. The normalized spacial score (nSPS) is 27.3. The molecule has 3 aliphatic rings. The van der Waals surface area contributed by atoms with Crippen LogP contribution < -0.4 is 20.1 Å². The van der Waals surface area contributed by atoms with E-state index in [1.165, 1.54) is 30.2 Å². The van der Waals surface area contributed by atoms with Gasteiger partial charge in [-0.3, -0.25) is 14.4 Å². The average Bonchev–Trinajstić information content (AvgIpc) is 3.39. The number of amides is 4. The largest absolute Gasteiger partial charge is 0.495 e. The molecule has 2 aliphatic heterocycles. The summed E-state index contributed by atoms with van der Waals surface area (Å²) in [6.45, 7) is 5.52. The van der Waals surface area contributed by atoms with Crippen LogP contribution in [-0.2, 0) is 29.1 Å². The van der Waals surface area contributed by atoms with Gasteiger partial charge in [-0.1, -0.05) is 37.1 Å². The zero-order valence-corrected chi connectivity index (χ0v) is 26.0. The molecule has 3 N–H and O–H groups in total. The van der Waals surface area contributed by atoms with Crippen LogP contribution in [0.1, 0.15) is 72.1 Å². The monoisotopic (exact) mass is 618 g/mol.